The lowest BCUT2D eigenvalue weighted by atomic mass is 10.1. The van der Waals surface area contributed by atoms with E-state index in [9.17, 15) is 9.18 Å². The summed E-state index contributed by atoms with van der Waals surface area (Å²) in [6, 6.07) is 9.65. The van der Waals surface area contributed by atoms with Crippen molar-refractivity contribution in [3.63, 3.8) is 0 Å². The van der Waals surface area contributed by atoms with Crippen LogP contribution >= 0.6 is 15.9 Å². The first-order valence-electron chi connectivity index (χ1n) is 6.69. The molecule has 0 fully saturated rings. The normalized spacial score (nSPS) is 10.6. The monoisotopic (exact) mass is 379 g/mol. The maximum absolute atomic E-state index is 13.7. The van der Waals surface area contributed by atoms with Crippen LogP contribution in [0.25, 0.3) is 6.08 Å². The maximum Gasteiger partial charge on any atom is 0.248 e. The van der Waals surface area contributed by atoms with E-state index in [0.717, 1.165) is 0 Å². The van der Waals surface area contributed by atoms with Gasteiger partial charge in [-0.2, -0.15) is 0 Å². The first-order chi connectivity index (χ1) is 11.0. The van der Waals surface area contributed by atoms with Gasteiger partial charge in [0.05, 0.1) is 19.9 Å². The third-order valence-electron chi connectivity index (χ3n) is 3.04. The Balaban J connectivity index is 2.14. The van der Waals surface area contributed by atoms with Gasteiger partial charge in [0.2, 0.25) is 5.91 Å². The summed E-state index contributed by atoms with van der Waals surface area (Å²) >= 11 is 3.16. The van der Waals surface area contributed by atoms with Gasteiger partial charge in [-0.05, 0) is 42.5 Å². The van der Waals surface area contributed by atoms with Crippen molar-refractivity contribution in [3.8, 4) is 11.5 Å². The van der Waals surface area contributed by atoms with Gasteiger partial charge in [0.1, 0.15) is 17.3 Å². The van der Waals surface area contributed by atoms with Gasteiger partial charge < -0.3 is 14.8 Å². The highest BCUT2D eigenvalue weighted by atomic mass is 79.9. The molecular formula is C17H15BrFNO3. The summed E-state index contributed by atoms with van der Waals surface area (Å²) in [5.41, 5.74) is 0.790. The molecule has 0 spiro atoms. The second-order valence-corrected chi connectivity index (χ2v) is 5.47. The number of benzene rings is 2. The van der Waals surface area contributed by atoms with Crippen LogP contribution in [-0.2, 0) is 4.79 Å². The zero-order valence-electron chi connectivity index (χ0n) is 12.6. The van der Waals surface area contributed by atoms with Crippen LogP contribution in [0.2, 0.25) is 0 Å². The molecule has 6 heteroatoms. The minimum atomic E-state index is -0.514. The molecule has 0 saturated carbocycles. The van der Waals surface area contributed by atoms with E-state index >= 15 is 0 Å². The molecule has 0 aliphatic carbocycles. The summed E-state index contributed by atoms with van der Waals surface area (Å²) in [6.07, 6.45) is 2.88. The summed E-state index contributed by atoms with van der Waals surface area (Å²) in [5, 5.41) is 2.48. The Morgan fingerprint density at radius 3 is 2.61 bits per heavy atom. The lowest BCUT2D eigenvalue weighted by molar-refractivity contribution is -0.111. The number of ether oxygens (including phenoxy) is 2. The van der Waals surface area contributed by atoms with E-state index in [1.807, 2.05) is 0 Å². The number of rotatable bonds is 5. The Kier molecular flexibility index (Phi) is 5.76. The Bertz CT molecular complexity index is 747. The van der Waals surface area contributed by atoms with Crippen molar-refractivity contribution in [1.29, 1.82) is 0 Å². The lowest BCUT2D eigenvalue weighted by Crippen LogP contribution is -2.09. The first-order valence-corrected chi connectivity index (χ1v) is 7.49. The van der Waals surface area contributed by atoms with E-state index in [2.05, 4.69) is 21.2 Å². The molecule has 0 radical (unpaired) electrons. The fraction of sp³-hybridized carbons (Fsp3) is 0.118. The average molecular weight is 380 g/mol. The van der Waals surface area contributed by atoms with E-state index in [1.165, 1.54) is 25.3 Å². The number of nitrogens with one attached hydrogen (secondary N) is 1. The largest absolute Gasteiger partial charge is 0.497 e. The van der Waals surface area contributed by atoms with Gasteiger partial charge in [-0.1, -0.05) is 15.9 Å². The van der Waals surface area contributed by atoms with E-state index in [0.29, 0.717) is 21.5 Å². The van der Waals surface area contributed by atoms with Crippen LogP contribution in [0.4, 0.5) is 10.1 Å². The highest BCUT2D eigenvalue weighted by molar-refractivity contribution is 9.10. The summed E-state index contributed by atoms with van der Waals surface area (Å²) in [4.78, 5) is 11.9. The van der Waals surface area contributed by atoms with Gasteiger partial charge in [0.25, 0.3) is 0 Å². The molecule has 2 aromatic carbocycles. The number of methoxy groups -OCH3 is 2. The van der Waals surface area contributed by atoms with Gasteiger partial charge in [0, 0.05) is 16.1 Å². The number of amides is 1. The number of hydrogen-bond donors (Lipinski definition) is 1. The Hall–Kier alpha value is -2.34. The van der Waals surface area contributed by atoms with Crippen molar-refractivity contribution in [3.05, 3.63) is 58.3 Å². The fourth-order valence-electron chi connectivity index (χ4n) is 1.90. The van der Waals surface area contributed by atoms with E-state index in [-0.39, 0.29) is 5.69 Å². The van der Waals surface area contributed by atoms with Crippen molar-refractivity contribution in [2.75, 3.05) is 19.5 Å². The molecule has 0 aromatic heterocycles. The molecule has 4 nitrogen and oxygen atoms in total. The van der Waals surface area contributed by atoms with Crippen molar-refractivity contribution in [1.82, 2.24) is 0 Å². The molecule has 0 heterocycles. The van der Waals surface area contributed by atoms with Gasteiger partial charge in [-0.15, -0.1) is 0 Å². The molecule has 120 valence electrons. The molecule has 2 aromatic rings. The zero-order chi connectivity index (χ0) is 16.8. The predicted molar refractivity (Wildman–Crippen MR) is 91.3 cm³/mol. The summed E-state index contributed by atoms with van der Waals surface area (Å²) < 4.78 is 24.7. The smallest absolute Gasteiger partial charge is 0.248 e. The van der Waals surface area contributed by atoms with Crippen LogP contribution in [0.1, 0.15) is 5.56 Å². The quantitative estimate of drug-likeness (QED) is 0.789. The summed E-state index contributed by atoms with van der Waals surface area (Å²) in [7, 11) is 3.09. The van der Waals surface area contributed by atoms with Crippen molar-refractivity contribution >= 4 is 33.6 Å². The van der Waals surface area contributed by atoms with Crippen molar-refractivity contribution < 1.29 is 18.7 Å². The Morgan fingerprint density at radius 1 is 1.17 bits per heavy atom. The molecule has 0 saturated heterocycles. The van der Waals surface area contributed by atoms with Crippen LogP contribution < -0.4 is 14.8 Å². The second kappa shape index (κ2) is 7.78. The first kappa shape index (κ1) is 17.0. The van der Waals surface area contributed by atoms with Crippen LogP contribution in [0.15, 0.2) is 46.9 Å². The van der Waals surface area contributed by atoms with Gasteiger partial charge in [-0.25, -0.2) is 4.39 Å². The van der Waals surface area contributed by atoms with Crippen LogP contribution in [0.3, 0.4) is 0 Å². The lowest BCUT2D eigenvalue weighted by Gasteiger charge is -2.07. The Morgan fingerprint density at radius 2 is 1.96 bits per heavy atom. The highest BCUT2D eigenvalue weighted by Crippen LogP contribution is 2.25. The predicted octanol–water partition coefficient (Wildman–Crippen LogP) is 4.26. The van der Waals surface area contributed by atoms with Crippen LogP contribution in [0, 0.1) is 5.82 Å². The third kappa shape index (κ3) is 4.56. The van der Waals surface area contributed by atoms with Crippen LogP contribution in [-0.4, -0.2) is 20.1 Å². The summed E-state index contributed by atoms with van der Waals surface area (Å²) in [5.74, 6) is 0.283. The van der Waals surface area contributed by atoms with Gasteiger partial charge in [0.15, 0.2) is 0 Å². The minimum absolute atomic E-state index is 0.112. The molecule has 0 aliphatic heterocycles. The number of halogens is 2. The zero-order valence-corrected chi connectivity index (χ0v) is 14.2. The molecule has 0 atom stereocenters. The molecule has 23 heavy (non-hydrogen) atoms. The van der Waals surface area contributed by atoms with Gasteiger partial charge in [-0.3, -0.25) is 4.79 Å². The number of hydrogen-bond acceptors (Lipinski definition) is 3. The molecule has 1 amide bonds. The van der Waals surface area contributed by atoms with Crippen LogP contribution in [0.5, 0.6) is 11.5 Å². The average Bonchev–Trinajstić information content (AvgIpc) is 2.55. The van der Waals surface area contributed by atoms with E-state index < -0.39 is 11.7 Å². The SMILES string of the molecule is COc1ccc(OC)c(C=CC(=O)Nc2ccc(Br)cc2F)c1. The number of carbonyl (C=O) groups excluding carboxylic acids is 1. The highest BCUT2D eigenvalue weighted by Gasteiger charge is 2.06. The number of carbonyl (C=O) groups is 1. The minimum Gasteiger partial charge on any atom is -0.497 e. The third-order valence-corrected chi connectivity index (χ3v) is 3.53. The summed E-state index contributed by atoms with van der Waals surface area (Å²) in [6.45, 7) is 0. The molecule has 0 aliphatic rings. The number of anilines is 1. The molecule has 0 bridgehead atoms. The standard InChI is InChI=1S/C17H15BrFNO3/c1-22-13-5-7-16(23-2)11(9-13)3-8-17(21)20-15-6-4-12(18)10-14(15)19/h3-10H,1-2H3,(H,20,21). The van der Waals surface area contributed by atoms with E-state index in [1.54, 1.807) is 37.5 Å². The Labute approximate surface area is 142 Å². The molecule has 2 rings (SSSR count). The molecular weight excluding hydrogens is 365 g/mol. The molecule has 1 N–H and O–H groups in total. The van der Waals surface area contributed by atoms with Crippen molar-refractivity contribution in [2.45, 2.75) is 0 Å². The maximum atomic E-state index is 13.7. The van der Waals surface area contributed by atoms with Gasteiger partial charge >= 0.3 is 0 Å². The topological polar surface area (TPSA) is 47.6 Å². The second-order valence-electron chi connectivity index (χ2n) is 4.55. The fourth-order valence-corrected chi connectivity index (χ4v) is 2.23. The van der Waals surface area contributed by atoms with E-state index in [4.69, 9.17) is 9.47 Å². The van der Waals surface area contributed by atoms with Crippen molar-refractivity contribution in [2.24, 2.45) is 0 Å². The molecule has 0 unspecified atom stereocenters.